The van der Waals surface area contributed by atoms with Crippen molar-refractivity contribution in [3.8, 4) is 11.3 Å². The van der Waals surface area contributed by atoms with Crippen LogP contribution in [0.2, 0.25) is 0 Å². The van der Waals surface area contributed by atoms with Crippen LogP contribution in [0.4, 0.5) is 0 Å². The molecular formula is C16H13NO2S. The zero-order valence-electron chi connectivity index (χ0n) is 10.7. The average Bonchev–Trinajstić information content (AvgIpc) is 3.02. The van der Waals surface area contributed by atoms with Crippen LogP contribution in [-0.2, 0) is 0 Å². The van der Waals surface area contributed by atoms with Crippen LogP contribution in [0.25, 0.3) is 21.3 Å². The molecule has 0 radical (unpaired) electrons. The van der Waals surface area contributed by atoms with Gasteiger partial charge < -0.3 is 9.67 Å². The third kappa shape index (κ3) is 1.76. The molecule has 0 aliphatic heterocycles. The van der Waals surface area contributed by atoms with Gasteiger partial charge in [0, 0.05) is 16.4 Å². The van der Waals surface area contributed by atoms with Crippen LogP contribution >= 0.6 is 11.3 Å². The van der Waals surface area contributed by atoms with Crippen LogP contribution in [0.15, 0.2) is 41.8 Å². The van der Waals surface area contributed by atoms with Crippen molar-refractivity contribution < 1.29 is 9.90 Å². The van der Waals surface area contributed by atoms with Gasteiger partial charge >= 0.3 is 5.97 Å². The van der Waals surface area contributed by atoms with E-state index in [2.05, 4.69) is 29.6 Å². The molecule has 0 spiro atoms. The summed E-state index contributed by atoms with van der Waals surface area (Å²) >= 11 is 1.72. The molecule has 0 saturated heterocycles. The molecule has 2 heterocycles. The van der Waals surface area contributed by atoms with E-state index in [0.29, 0.717) is 11.7 Å². The Kier molecular flexibility index (Phi) is 2.47. The molecule has 1 aliphatic carbocycles. The molecule has 0 amide bonds. The van der Waals surface area contributed by atoms with Crippen molar-refractivity contribution in [2.45, 2.75) is 18.9 Å². The normalized spacial score (nSPS) is 14.8. The molecule has 0 atom stereocenters. The molecule has 1 N–H and O–H groups in total. The fourth-order valence-corrected chi connectivity index (χ4v) is 3.48. The number of rotatable bonds is 3. The van der Waals surface area contributed by atoms with E-state index in [1.807, 2.05) is 10.6 Å². The quantitative estimate of drug-likeness (QED) is 0.774. The minimum atomic E-state index is -0.847. The summed E-state index contributed by atoms with van der Waals surface area (Å²) < 4.78 is 3.24. The zero-order valence-corrected chi connectivity index (χ0v) is 11.6. The monoisotopic (exact) mass is 283 g/mol. The highest BCUT2D eigenvalue weighted by atomic mass is 32.1. The molecule has 1 aliphatic rings. The Morgan fingerprint density at radius 2 is 2.05 bits per heavy atom. The number of nitrogens with zero attached hydrogens (tertiary/aromatic N) is 1. The molecular weight excluding hydrogens is 270 g/mol. The van der Waals surface area contributed by atoms with Crippen LogP contribution in [-0.4, -0.2) is 15.6 Å². The van der Waals surface area contributed by atoms with Gasteiger partial charge in [-0.3, -0.25) is 0 Å². The van der Waals surface area contributed by atoms with Gasteiger partial charge in [0.1, 0.15) is 5.69 Å². The highest BCUT2D eigenvalue weighted by Crippen LogP contribution is 2.41. The lowest BCUT2D eigenvalue weighted by molar-refractivity contribution is 0.0685. The number of carboxylic acid groups (broad SMARTS) is 1. The number of fused-ring (bicyclic) bond motifs is 1. The molecule has 2 aromatic heterocycles. The third-order valence-electron chi connectivity index (χ3n) is 3.80. The summed E-state index contributed by atoms with van der Waals surface area (Å²) in [5.74, 6) is -0.847. The molecule has 0 unspecified atom stereocenters. The first-order valence-electron chi connectivity index (χ1n) is 6.66. The predicted molar refractivity (Wildman–Crippen MR) is 80.5 cm³/mol. The molecule has 4 heteroatoms. The maximum absolute atomic E-state index is 11.4. The van der Waals surface area contributed by atoms with Gasteiger partial charge in [0.25, 0.3) is 0 Å². The summed E-state index contributed by atoms with van der Waals surface area (Å²) in [6.07, 6.45) is 2.14. The van der Waals surface area contributed by atoms with E-state index in [1.165, 1.54) is 10.1 Å². The molecule has 20 heavy (non-hydrogen) atoms. The van der Waals surface area contributed by atoms with Crippen LogP contribution in [0.3, 0.4) is 0 Å². The van der Waals surface area contributed by atoms with Crippen LogP contribution in [0, 0.1) is 0 Å². The number of aromatic carboxylic acids is 1. The predicted octanol–water partition coefficient (Wildman–Crippen LogP) is 4.40. The number of carbonyl (C=O) groups is 1. The first kappa shape index (κ1) is 11.7. The van der Waals surface area contributed by atoms with Crippen molar-refractivity contribution in [3.05, 3.63) is 47.5 Å². The number of carboxylic acids is 1. The Bertz CT molecular complexity index is 811. The first-order valence-corrected chi connectivity index (χ1v) is 7.54. The molecule has 1 fully saturated rings. The molecule has 100 valence electrons. The van der Waals surface area contributed by atoms with Crippen molar-refractivity contribution in [1.82, 2.24) is 4.57 Å². The zero-order chi connectivity index (χ0) is 13.7. The Balaban J connectivity index is 1.90. The second-order valence-corrected chi connectivity index (χ2v) is 6.13. The van der Waals surface area contributed by atoms with Crippen LogP contribution in [0.1, 0.15) is 29.4 Å². The number of hydrogen-bond donors (Lipinski definition) is 1. The molecule has 0 bridgehead atoms. The van der Waals surface area contributed by atoms with Gasteiger partial charge in [-0.05, 0) is 59.5 Å². The van der Waals surface area contributed by atoms with Crippen LogP contribution < -0.4 is 0 Å². The maximum Gasteiger partial charge on any atom is 0.352 e. The molecule has 1 saturated carbocycles. The summed E-state index contributed by atoms with van der Waals surface area (Å²) in [7, 11) is 0. The largest absolute Gasteiger partial charge is 0.477 e. The number of hydrogen-bond acceptors (Lipinski definition) is 2. The van der Waals surface area contributed by atoms with Crippen molar-refractivity contribution in [2.75, 3.05) is 0 Å². The Hall–Kier alpha value is -2.07. The van der Waals surface area contributed by atoms with Gasteiger partial charge in [-0.25, -0.2) is 4.79 Å². The number of aromatic nitrogens is 1. The van der Waals surface area contributed by atoms with Crippen molar-refractivity contribution in [1.29, 1.82) is 0 Å². The van der Waals surface area contributed by atoms with Gasteiger partial charge in [-0.2, -0.15) is 0 Å². The minimum Gasteiger partial charge on any atom is -0.477 e. The van der Waals surface area contributed by atoms with E-state index in [1.54, 1.807) is 17.4 Å². The molecule has 3 aromatic rings. The highest BCUT2D eigenvalue weighted by molar-refractivity contribution is 7.17. The summed E-state index contributed by atoms with van der Waals surface area (Å²) in [6, 6.07) is 12.4. The first-order chi connectivity index (χ1) is 9.74. The fourth-order valence-electron chi connectivity index (χ4n) is 2.71. The summed E-state index contributed by atoms with van der Waals surface area (Å²) in [5, 5.41) is 12.6. The van der Waals surface area contributed by atoms with E-state index in [9.17, 15) is 9.90 Å². The lowest BCUT2D eigenvalue weighted by Crippen LogP contribution is -2.08. The number of thiophene rings is 1. The van der Waals surface area contributed by atoms with Gasteiger partial charge in [-0.15, -0.1) is 11.3 Å². The Labute approximate surface area is 120 Å². The smallest absolute Gasteiger partial charge is 0.352 e. The lowest BCUT2D eigenvalue weighted by Gasteiger charge is -2.10. The Morgan fingerprint density at radius 1 is 1.20 bits per heavy atom. The van der Waals surface area contributed by atoms with Gasteiger partial charge in [0.2, 0.25) is 0 Å². The van der Waals surface area contributed by atoms with Gasteiger partial charge in [-0.1, -0.05) is 6.07 Å². The van der Waals surface area contributed by atoms with Crippen molar-refractivity contribution in [2.24, 2.45) is 0 Å². The van der Waals surface area contributed by atoms with Crippen molar-refractivity contribution >= 4 is 27.4 Å². The summed E-state index contributed by atoms with van der Waals surface area (Å²) in [6.45, 7) is 0. The van der Waals surface area contributed by atoms with Crippen molar-refractivity contribution in [3.63, 3.8) is 0 Å². The summed E-state index contributed by atoms with van der Waals surface area (Å²) in [5.41, 5.74) is 2.50. The van der Waals surface area contributed by atoms with E-state index >= 15 is 0 Å². The van der Waals surface area contributed by atoms with Gasteiger partial charge in [0.05, 0.1) is 0 Å². The van der Waals surface area contributed by atoms with E-state index < -0.39 is 5.97 Å². The fraction of sp³-hybridized carbons (Fsp3) is 0.188. The Morgan fingerprint density at radius 3 is 2.80 bits per heavy atom. The molecule has 3 nitrogen and oxygen atoms in total. The summed E-state index contributed by atoms with van der Waals surface area (Å²) in [4.78, 5) is 11.4. The molecule has 4 rings (SSSR count). The topological polar surface area (TPSA) is 42.2 Å². The maximum atomic E-state index is 11.4. The standard InChI is InChI=1S/C16H13NO2S/c18-16(19)14-5-4-13(17(14)12-2-3-12)10-1-6-15-11(9-10)7-8-20-15/h1,4-9,12H,2-3H2,(H,18,19). The number of benzene rings is 1. The second-order valence-electron chi connectivity index (χ2n) is 5.18. The van der Waals surface area contributed by atoms with E-state index in [-0.39, 0.29) is 0 Å². The van der Waals surface area contributed by atoms with E-state index in [4.69, 9.17) is 0 Å². The lowest BCUT2D eigenvalue weighted by atomic mass is 10.1. The SMILES string of the molecule is O=C(O)c1ccc(-c2ccc3sccc3c2)n1C1CC1. The third-order valence-corrected chi connectivity index (χ3v) is 4.70. The van der Waals surface area contributed by atoms with Gasteiger partial charge in [0.15, 0.2) is 0 Å². The second kappa shape index (κ2) is 4.21. The highest BCUT2D eigenvalue weighted by Gasteiger charge is 2.29. The van der Waals surface area contributed by atoms with Crippen LogP contribution in [0.5, 0.6) is 0 Å². The molecule has 1 aromatic carbocycles. The average molecular weight is 283 g/mol. The minimum absolute atomic E-state index is 0.351. The van der Waals surface area contributed by atoms with E-state index in [0.717, 1.165) is 24.1 Å².